The van der Waals surface area contributed by atoms with Gasteiger partial charge in [-0.1, -0.05) is 13.5 Å². The summed E-state index contributed by atoms with van der Waals surface area (Å²) < 4.78 is 3.29. The predicted octanol–water partition coefficient (Wildman–Crippen LogP) is 2.95. The van der Waals surface area contributed by atoms with Gasteiger partial charge in [0.1, 0.15) is 0 Å². The van der Waals surface area contributed by atoms with E-state index in [1.807, 2.05) is 0 Å². The molecule has 0 heterocycles. The maximum atomic E-state index is 3.88. The minimum atomic E-state index is 0.183. The van der Waals surface area contributed by atoms with Crippen molar-refractivity contribution < 1.29 is 0 Å². The summed E-state index contributed by atoms with van der Waals surface area (Å²) in [6.07, 6.45) is 1.04. The van der Waals surface area contributed by atoms with E-state index in [-0.39, 0.29) is 5.54 Å². The maximum Gasteiger partial charge on any atom is 0.0201 e. The summed E-state index contributed by atoms with van der Waals surface area (Å²) in [6, 6.07) is 0. The molecular weight excluding hydrogens is 142 g/mol. The molecule has 0 amide bonds. The van der Waals surface area contributed by atoms with Gasteiger partial charge in [0.05, 0.1) is 0 Å². The molecule has 0 fully saturated rings. The van der Waals surface area contributed by atoms with Crippen molar-refractivity contribution in [3.05, 3.63) is 11.5 Å². The molecule has 0 aliphatic rings. The zero-order valence-corrected chi connectivity index (χ0v) is 8.14. The second-order valence-electron chi connectivity index (χ2n) is 3.35. The van der Waals surface area contributed by atoms with E-state index in [1.165, 1.54) is 4.91 Å². The number of rotatable bonds is 3. The molecule has 0 bridgehead atoms. The molecule has 0 rings (SSSR count). The molecule has 0 aromatic carbocycles. The molecule has 1 nitrogen and oxygen atoms in total. The van der Waals surface area contributed by atoms with E-state index in [0.29, 0.717) is 0 Å². The molecule has 0 saturated heterocycles. The first-order valence-electron chi connectivity index (χ1n) is 3.57. The molecule has 0 spiro atoms. The summed E-state index contributed by atoms with van der Waals surface area (Å²) >= 11 is 1.64. The SMILES string of the molecule is C=C(CC)SNC(C)(C)C. The zero-order valence-electron chi connectivity index (χ0n) is 7.32. The lowest BCUT2D eigenvalue weighted by atomic mass is 10.1. The zero-order chi connectivity index (χ0) is 8.20. The quantitative estimate of drug-likeness (QED) is 0.635. The second-order valence-corrected chi connectivity index (χ2v) is 4.33. The average molecular weight is 159 g/mol. The largest absolute Gasteiger partial charge is 0.255 e. The molecule has 0 radical (unpaired) electrons. The number of hydrogen-bond donors (Lipinski definition) is 1. The molecule has 10 heavy (non-hydrogen) atoms. The Morgan fingerprint density at radius 2 is 2.00 bits per heavy atom. The Kier molecular flexibility index (Phi) is 4.06. The van der Waals surface area contributed by atoms with Gasteiger partial charge < -0.3 is 0 Å². The van der Waals surface area contributed by atoms with Gasteiger partial charge in [-0.2, -0.15) is 0 Å². The van der Waals surface area contributed by atoms with Crippen molar-refractivity contribution in [2.75, 3.05) is 0 Å². The lowest BCUT2D eigenvalue weighted by Gasteiger charge is -2.19. The van der Waals surface area contributed by atoms with Gasteiger partial charge in [0.2, 0.25) is 0 Å². The van der Waals surface area contributed by atoms with Crippen LogP contribution in [0.4, 0.5) is 0 Å². The highest BCUT2D eigenvalue weighted by atomic mass is 32.2. The Bertz CT molecular complexity index is 113. The summed E-state index contributed by atoms with van der Waals surface area (Å²) in [5.41, 5.74) is 0.183. The number of allylic oxidation sites excluding steroid dienone is 1. The third kappa shape index (κ3) is 6.17. The maximum absolute atomic E-state index is 3.88. The Morgan fingerprint density at radius 3 is 2.30 bits per heavy atom. The molecule has 0 aromatic heterocycles. The van der Waals surface area contributed by atoms with E-state index in [0.717, 1.165) is 6.42 Å². The fourth-order valence-electron chi connectivity index (χ4n) is 0.297. The van der Waals surface area contributed by atoms with E-state index in [4.69, 9.17) is 0 Å². The van der Waals surface area contributed by atoms with Crippen LogP contribution in [0.15, 0.2) is 11.5 Å². The van der Waals surface area contributed by atoms with Crippen LogP contribution in [0.1, 0.15) is 34.1 Å². The molecule has 60 valence electrons. The Balaban J connectivity index is 3.46. The lowest BCUT2D eigenvalue weighted by Crippen LogP contribution is -2.29. The fraction of sp³-hybridized carbons (Fsp3) is 0.750. The second kappa shape index (κ2) is 4.04. The molecule has 0 unspecified atom stereocenters. The van der Waals surface area contributed by atoms with Crippen molar-refractivity contribution in [3.8, 4) is 0 Å². The first kappa shape index (κ1) is 10.0. The minimum Gasteiger partial charge on any atom is -0.255 e. The molecule has 0 aliphatic carbocycles. The average Bonchev–Trinajstić information content (AvgIpc) is 1.81. The third-order valence-corrected chi connectivity index (χ3v) is 2.19. The topological polar surface area (TPSA) is 12.0 Å². The van der Waals surface area contributed by atoms with Crippen LogP contribution in [0, 0.1) is 0 Å². The van der Waals surface area contributed by atoms with E-state index >= 15 is 0 Å². The van der Waals surface area contributed by atoms with Crippen LogP contribution in [0.2, 0.25) is 0 Å². The van der Waals surface area contributed by atoms with Crippen molar-refractivity contribution >= 4 is 11.9 Å². The molecule has 2 heteroatoms. The monoisotopic (exact) mass is 159 g/mol. The van der Waals surface area contributed by atoms with Crippen LogP contribution in [-0.4, -0.2) is 5.54 Å². The minimum absolute atomic E-state index is 0.183. The van der Waals surface area contributed by atoms with Crippen molar-refractivity contribution in [2.45, 2.75) is 39.7 Å². The van der Waals surface area contributed by atoms with Crippen LogP contribution in [0.25, 0.3) is 0 Å². The van der Waals surface area contributed by atoms with Crippen molar-refractivity contribution in [3.63, 3.8) is 0 Å². The fourth-order valence-corrected chi connectivity index (χ4v) is 0.892. The first-order chi connectivity index (χ1) is 4.45. The van der Waals surface area contributed by atoms with E-state index in [9.17, 15) is 0 Å². The van der Waals surface area contributed by atoms with Crippen LogP contribution in [-0.2, 0) is 0 Å². The molecule has 0 aliphatic heterocycles. The van der Waals surface area contributed by atoms with Gasteiger partial charge in [-0.15, -0.1) is 0 Å². The third-order valence-electron chi connectivity index (χ3n) is 0.896. The van der Waals surface area contributed by atoms with Gasteiger partial charge in [0, 0.05) is 5.54 Å². The van der Waals surface area contributed by atoms with Gasteiger partial charge >= 0.3 is 0 Å². The van der Waals surface area contributed by atoms with Gasteiger partial charge in [-0.25, -0.2) is 0 Å². The summed E-state index contributed by atoms with van der Waals surface area (Å²) in [7, 11) is 0. The molecule has 0 atom stereocenters. The van der Waals surface area contributed by atoms with Crippen LogP contribution < -0.4 is 4.72 Å². The molecule has 1 N–H and O–H groups in total. The Labute approximate surface area is 68.4 Å². The van der Waals surface area contributed by atoms with Crippen molar-refractivity contribution in [1.82, 2.24) is 4.72 Å². The molecule has 0 saturated carbocycles. The van der Waals surface area contributed by atoms with Gasteiger partial charge in [-0.3, -0.25) is 4.72 Å². The van der Waals surface area contributed by atoms with E-state index < -0.39 is 0 Å². The Morgan fingerprint density at radius 1 is 1.50 bits per heavy atom. The summed E-state index contributed by atoms with van der Waals surface area (Å²) in [5.74, 6) is 0. The summed E-state index contributed by atoms with van der Waals surface area (Å²) in [5, 5.41) is 0. The summed E-state index contributed by atoms with van der Waals surface area (Å²) in [4.78, 5) is 1.19. The van der Waals surface area contributed by atoms with Crippen LogP contribution in [0.3, 0.4) is 0 Å². The van der Waals surface area contributed by atoms with Gasteiger partial charge in [0.15, 0.2) is 0 Å². The summed E-state index contributed by atoms with van der Waals surface area (Å²) in [6.45, 7) is 12.4. The van der Waals surface area contributed by atoms with Crippen molar-refractivity contribution in [1.29, 1.82) is 0 Å². The molecule has 0 aromatic rings. The number of nitrogens with one attached hydrogen (secondary N) is 1. The molecular formula is C8H17NS. The highest BCUT2D eigenvalue weighted by Crippen LogP contribution is 2.16. The standard InChI is InChI=1S/C8H17NS/c1-6-7(2)10-9-8(3,4)5/h9H,2,6H2,1,3-5H3. The normalized spacial score (nSPS) is 11.6. The van der Waals surface area contributed by atoms with E-state index in [1.54, 1.807) is 11.9 Å². The lowest BCUT2D eigenvalue weighted by molar-refractivity contribution is 0.536. The van der Waals surface area contributed by atoms with Gasteiger partial charge in [-0.05, 0) is 44.0 Å². The Hall–Kier alpha value is 0.0500. The highest BCUT2D eigenvalue weighted by Gasteiger charge is 2.08. The van der Waals surface area contributed by atoms with Gasteiger partial charge in [0.25, 0.3) is 0 Å². The van der Waals surface area contributed by atoms with Crippen LogP contribution >= 0.6 is 11.9 Å². The van der Waals surface area contributed by atoms with E-state index in [2.05, 4.69) is 39.0 Å². The first-order valence-corrected chi connectivity index (χ1v) is 4.39. The van der Waals surface area contributed by atoms with Crippen LogP contribution in [0.5, 0.6) is 0 Å². The number of hydrogen-bond acceptors (Lipinski definition) is 2. The van der Waals surface area contributed by atoms with Crippen molar-refractivity contribution in [2.24, 2.45) is 0 Å². The highest BCUT2D eigenvalue weighted by molar-refractivity contribution is 8.01. The smallest absolute Gasteiger partial charge is 0.0201 e. The predicted molar refractivity (Wildman–Crippen MR) is 49.9 cm³/mol.